The number of aliphatic hydroxyl groups excluding tert-OH is 1. The monoisotopic (exact) mass is 314 g/mol. The van der Waals surface area contributed by atoms with Crippen molar-refractivity contribution in [2.75, 3.05) is 13.2 Å². The van der Waals surface area contributed by atoms with Crippen LogP contribution in [0.15, 0.2) is 48.8 Å². The van der Waals surface area contributed by atoms with Crippen molar-refractivity contribution in [2.45, 2.75) is 20.0 Å². The molecule has 1 aromatic carbocycles. The van der Waals surface area contributed by atoms with Crippen molar-refractivity contribution in [2.24, 2.45) is 5.92 Å². The average molecular weight is 314 g/mol. The summed E-state index contributed by atoms with van der Waals surface area (Å²) in [4.78, 5) is 15.9. The summed E-state index contributed by atoms with van der Waals surface area (Å²) in [5.74, 6) is 0.727. The topological polar surface area (TPSA) is 71.5 Å². The molecule has 2 rings (SSSR count). The number of nitrogens with zero attached hydrogens (tertiary/aromatic N) is 1. The Kier molecular flexibility index (Phi) is 6.56. The molecule has 1 heterocycles. The standard InChI is InChI=1S/C18H22N2O3/c1-14(12-21)10-20-18(22)9-15-4-2-6-17(8-15)23-13-16-5-3-7-19-11-16/h2-8,11,14,21H,9-10,12-13H2,1H3,(H,20,22). The lowest BCUT2D eigenvalue weighted by Gasteiger charge is -2.10. The second-order valence-electron chi connectivity index (χ2n) is 5.57. The van der Waals surface area contributed by atoms with E-state index in [9.17, 15) is 4.79 Å². The predicted octanol–water partition coefficient (Wildman–Crippen LogP) is 1.95. The lowest BCUT2D eigenvalue weighted by molar-refractivity contribution is -0.120. The number of pyridine rings is 1. The minimum atomic E-state index is -0.0605. The van der Waals surface area contributed by atoms with Crippen molar-refractivity contribution in [3.8, 4) is 5.75 Å². The van der Waals surface area contributed by atoms with Crippen molar-refractivity contribution in [1.29, 1.82) is 0 Å². The van der Waals surface area contributed by atoms with Crippen molar-refractivity contribution >= 4 is 5.91 Å². The van der Waals surface area contributed by atoms with Crippen LogP contribution in [0, 0.1) is 5.92 Å². The van der Waals surface area contributed by atoms with Crippen molar-refractivity contribution in [3.05, 3.63) is 59.9 Å². The molecular weight excluding hydrogens is 292 g/mol. The summed E-state index contributed by atoms with van der Waals surface area (Å²) in [6.45, 7) is 2.87. The number of nitrogens with one attached hydrogen (secondary N) is 1. The smallest absolute Gasteiger partial charge is 0.224 e. The van der Waals surface area contributed by atoms with Gasteiger partial charge in [0.2, 0.25) is 5.91 Å². The minimum absolute atomic E-state index is 0.0605. The van der Waals surface area contributed by atoms with Gasteiger partial charge in [0.25, 0.3) is 0 Å². The van der Waals surface area contributed by atoms with Gasteiger partial charge in [-0.1, -0.05) is 25.1 Å². The number of aromatic nitrogens is 1. The summed E-state index contributed by atoms with van der Waals surface area (Å²) in [7, 11) is 0. The quantitative estimate of drug-likeness (QED) is 0.781. The first-order valence-electron chi connectivity index (χ1n) is 7.65. The van der Waals surface area contributed by atoms with Crippen LogP contribution >= 0.6 is 0 Å². The van der Waals surface area contributed by atoms with Gasteiger partial charge in [0.05, 0.1) is 6.42 Å². The minimum Gasteiger partial charge on any atom is -0.489 e. The fourth-order valence-corrected chi connectivity index (χ4v) is 2.00. The normalized spacial score (nSPS) is 11.7. The van der Waals surface area contributed by atoms with Crippen molar-refractivity contribution in [3.63, 3.8) is 0 Å². The van der Waals surface area contributed by atoms with Gasteiger partial charge in [-0.2, -0.15) is 0 Å². The van der Waals surface area contributed by atoms with E-state index in [2.05, 4.69) is 10.3 Å². The van der Waals surface area contributed by atoms with Gasteiger partial charge in [-0.25, -0.2) is 0 Å². The van der Waals surface area contributed by atoms with E-state index in [1.54, 1.807) is 12.4 Å². The Morgan fingerprint density at radius 3 is 2.87 bits per heavy atom. The van der Waals surface area contributed by atoms with E-state index in [4.69, 9.17) is 9.84 Å². The summed E-state index contributed by atoms with van der Waals surface area (Å²) in [6.07, 6.45) is 3.78. The Balaban J connectivity index is 1.85. The lowest BCUT2D eigenvalue weighted by atomic mass is 10.1. The predicted molar refractivity (Wildman–Crippen MR) is 88.0 cm³/mol. The van der Waals surface area contributed by atoms with Gasteiger partial charge in [-0.3, -0.25) is 9.78 Å². The SMILES string of the molecule is CC(CO)CNC(=O)Cc1cccc(OCc2cccnc2)c1. The molecule has 0 aliphatic carbocycles. The number of hydrogen-bond donors (Lipinski definition) is 2. The van der Waals surface area contributed by atoms with Crippen LogP contribution in [-0.2, 0) is 17.8 Å². The summed E-state index contributed by atoms with van der Waals surface area (Å²) < 4.78 is 5.73. The van der Waals surface area contributed by atoms with E-state index in [0.717, 1.165) is 16.9 Å². The first-order chi connectivity index (χ1) is 11.2. The third kappa shape index (κ3) is 6.08. The van der Waals surface area contributed by atoms with Crippen LogP contribution in [-0.4, -0.2) is 29.1 Å². The van der Waals surface area contributed by atoms with Crippen LogP contribution in [0.4, 0.5) is 0 Å². The molecule has 1 aromatic heterocycles. The lowest BCUT2D eigenvalue weighted by Crippen LogP contribution is -2.30. The maximum absolute atomic E-state index is 11.9. The molecule has 0 spiro atoms. The Morgan fingerprint density at radius 1 is 1.30 bits per heavy atom. The summed E-state index contributed by atoms with van der Waals surface area (Å²) in [5.41, 5.74) is 1.89. The molecule has 1 unspecified atom stereocenters. The van der Waals surface area contributed by atoms with Crippen LogP contribution in [0.1, 0.15) is 18.1 Å². The van der Waals surface area contributed by atoms with Gasteiger partial charge in [0.15, 0.2) is 0 Å². The number of amides is 1. The Bertz CT molecular complexity index is 617. The zero-order valence-electron chi connectivity index (χ0n) is 13.2. The molecule has 1 amide bonds. The Hall–Kier alpha value is -2.40. The van der Waals surface area contributed by atoms with E-state index in [1.807, 2.05) is 43.3 Å². The van der Waals surface area contributed by atoms with Crippen LogP contribution in [0.25, 0.3) is 0 Å². The number of carbonyl (C=O) groups excluding carboxylic acids is 1. The molecule has 5 nitrogen and oxygen atoms in total. The molecule has 0 aliphatic rings. The molecule has 122 valence electrons. The summed E-state index contributed by atoms with van der Waals surface area (Å²) >= 11 is 0. The molecule has 1 atom stereocenters. The first-order valence-corrected chi connectivity index (χ1v) is 7.65. The van der Waals surface area contributed by atoms with Gasteiger partial charge in [-0.15, -0.1) is 0 Å². The summed E-state index contributed by atoms with van der Waals surface area (Å²) in [5, 5.41) is 11.8. The van der Waals surface area contributed by atoms with E-state index in [1.165, 1.54) is 0 Å². The van der Waals surface area contributed by atoms with Crippen LogP contribution < -0.4 is 10.1 Å². The fraction of sp³-hybridized carbons (Fsp3) is 0.333. The molecule has 5 heteroatoms. The van der Waals surface area contributed by atoms with Gasteiger partial charge < -0.3 is 15.2 Å². The molecule has 0 bridgehead atoms. The molecule has 0 radical (unpaired) electrons. The molecule has 0 saturated carbocycles. The van der Waals surface area contributed by atoms with Gasteiger partial charge >= 0.3 is 0 Å². The van der Waals surface area contributed by atoms with Crippen molar-refractivity contribution in [1.82, 2.24) is 10.3 Å². The van der Waals surface area contributed by atoms with Crippen molar-refractivity contribution < 1.29 is 14.6 Å². The highest BCUT2D eigenvalue weighted by Gasteiger charge is 2.07. The second-order valence-corrected chi connectivity index (χ2v) is 5.57. The number of benzene rings is 1. The molecule has 2 aromatic rings. The number of ether oxygens (including phenoxy) is 1. The maximum Gasteiger partial charge on any atom is 0.224 e. The number of carbonyl (C=O) groups is 1. The van der Waals surface area contributed by atoms with Gasteiger partial charge in [-0.05, 0) is 29.7 Å². The maximum atomic E-state index is 11.9. The van der Waals surface area contributed by atoms with Crippen LogP contribution in [0.5, 0.6) is 5.75 Å². The van der Waals surface area contributed by atoms with E-state index < -0.39 is 0 Å². The molecule has 23 heavy (non-hydrogen) atoms. The average Bonchev–Trinajstić information content (AvgIpc) is 2.59. The zero-order valence-corrected chi connectivity index (χ0v) is 13.2. The molecule has 0 saturated heterocycles. The molecule has 2 N–H and O–H groups in total. The number of hydrogen-bond acceptors (Lipinski definition) is 4. The van der Waals surface area contributed by atoms with E-state index in [0.29, 0.717) is 19.6 Å². The van der Waals surface area contributed by atoms with Crippen LogP contribution in [0.3, 0.4) is 0 Å². The highest BCUT2D eigenvalue weighted by Crippen LogP contribution is 2.15. The van der Waals surface area contributed by atoms with E-state index in [-0.39, 0.29) is 18.4 Å². The Morgan fingerprint density at radius 2 is 2.13 bits per heavy atom. The second kappa shape index (κ2) is 8.90. The van der Waals surface area contributed by atoms with Gasteiger partial charge in [0, 0.05) is 31.1 Å². The summed E-state index contributed by atoms with van der Waals surface area (Å²) in [6, 6.07) is 11.3. The highest BCUT2D eigenvalue weighted by atomic mass is 16.5. The van der Waals surface area contributed by atoms with Crippen LogP contribution in [0.2, 0.25) is 0 Å². The number of aliphatic hydroxyl groups is 1. The molecule has 0 fully saturated rings. The molecule has 0 aliphatic heterocycles. The van der Waals surface area contributed by atoms with E-state index >= 15 is 0 Å². The zero-order chi connectivity index (χ0) is 16.5. The third-order valence-corrected chi connectivity index (χ3v) is 3.35. The van der Waals surface area contributed by atoms with Gasteiger partial charge in [0.1, 0.15) is 12.4 Å². The number of rotatable bonds is 8. The molecular formula is C18H22N2O3. The Labute approximate surface area is 136 Å². The fourth-order valence-electron chi connectivity index (χ4n) is 2.00. The third-order valence-electron chi connectivity index (χ3n) is 3.35. The largest absolute Gasteiger partial charge is 0.489 e. The highest BCUT2D eigenvalue weighted by molar-refractivity contribution is 5.78. The first kappa shape index (κ1) is 17.0.